The lowest BCUT2D eigenvalue weighted by molar-refractivity contribution is 0.507. The van der Waals surface area contributed by atoms with E-state index in [1.165, 1.54) is 16.7 Å². The molecule has 0 aliphatic rings. The zero-order chi connectivity index (χ0) is 18.9. The highest BCUT2D eigenvalue weighted by Crippen LogP contribution is 2.09. The Labute approximate surface area is 158 Å². The summed E-state index contributed by atoms with van der Waals surface area (Å²) >= 11 is 0. The molecule has 142 valence electrons. The molecule has 5 heteroatoms. The van der Waals surface area contributed by atoms with Gasteiger partial charge in [-0.25, -0.2) is 9.98 Å². The topological polar surface area (TPSA) is 54.2 Å². The van der Waals surface area contributed by atoms with Crippen molar-refractivity contribution in [3.05, 3.63) is 53.1 Å². The fraction of sp³-hybridized carbons (Fsp3) is 0.524. The minimum atomic E-state index is 0.582. The second-order valence-corrected chi connectivity index (χ2v) is 7.26. The van der Waals surface area contributed by atoms with Crippen LogP contribution in [0.5, 0.6) is 0 Å². The molecule has 0 atom stereocenters. The van der Waals surface area contributed by atoms with Crippen molar-refractivity contribution in [2.24, 2.45) is 10.9 Å². The number of aryl methyl sites for hydroxylation is 2. The molecule has 0 saturated heterocycles. The molecule has 5 nitrogen and oxygen atoms in total. The number of benzene rings is 1. The van der Waals surface area contributed by atoms with Crippen molar-refractivity contribution >= 4 is 5.96 Å². The quantitative estimate of drug-likeness (QED) is 0.563. The lowest BCUT2D eigenvalue weighted by Crippen LogP contribution is -2.38. The van der Waals surface area contributed by atoms with Gasteiger partial charge in [0.05, 0.1) is 0 Å². The smallest absolute Gasteiger partial charge is 0.191 e. The average molecular weight is 356 g/mol. The first kappa shape index (κ1) is 20.0. The van der Waals surface area contributed by atoms with Crippen molar-refractivity contribution in [2.45, 2.75) is 54.1 Å². The van der Waals surface area contributed by atoms with E-state index in [1.54, 1.807) is 0 Å². The number of nitrogens with one attached hydrogen (secondary N) is 2. The van der Waals surface area contributed by atoms with E-state index in [-0.39, 0.29) is 0 Å². The first-order chi connectivity index (χ1) is 12.5. The van der Waals surface area contributed by atoms with Gasteiger partial charge < -0.3 is 15.2 Å². The lowest BCUT2D eigenvalue weighted by atomic mass is 10.1. The molecule has 0 bridgehead atoms. The molecule has 26 heavy (non-hydrogen) atoms. The third kappa shape index (κ3) is 6.54. The number of aromatic nitrogens is 2. The van der Waals surface area contributed by atoms with Crippen LogP contribution in [0.15, 0.2) is 35.6 Å². The van der Waals surface area contributed by atoms with E-state index in [2.05, 4.69) is 73.0 Å². The minimum absolute atomic E-state index is 0.582. The summed E-state index contributed by atoms with van der Waals surface area (Å²) in [6, 6.07) is 6.71. The molecule has 0 amide bonds. The van der Waals surface area contributed by atoms with Crippen molar-refractivity contribution in [1.29, 1.82) is 0 Å². The van der Waals surface area contributed by atoms with Crippen LogP contribution in [-0.4, -0.2) is 28.6 Å². The van der Waals surface area contributed by atoms with E-state index in [0.717, 1.165) is 37.8 Å². The van der Waals surface area contributed by atoms with Crippen LogP contribution in [0.25, 0.3) is 0 Å². The van der Waals surface area contributed by atoms with Gasteiger partial charge in [0.2, 0.25) is 0 Å². The Hall–Kier alpha value is -2.30. The monoisotopic (exact) mass is 355 g/mol. The first-order valence-corrected chi connectivity index (χ1v) is 9.57. The van der Waals surface area contributed by atoms with Crippen molar-refractivity contribution in [3.8, 4) is 0 Å². The molecular weight excluding hydrogens is 322 g/mol. The van der Waals surface area contributed by atoms with Crippen LogP contribution in [-0.2, 0) is 19.5 Å². The van der Waals surface area contributed by atoms with Gasteiger partial charge in [-0.15, -0.1) is 0 Å². The van der Waals surface area contributed by atoms with Crippen LogP contribution in [0, 0.1) is 19.8 Å². The van der Waals surface area contributed by atoms with E-state index in [4.69, 9.17) is 4.99 Å². The molecule has 2 rings (SSSR count). The Morgan fingerprint density at radius 3 is 2.54 bits per heavy atom. The Kier molecular flexibility index (Phi) is 7.70. The highest BCUT2D eigenvalue weighted by Gasteiger charge is 2.05. The van der Waals surface area contributed by atoms with Gasteiger partial charge in [-0.1, -0.05) is 43.2 Å². The fourth-order valence-corrected chi connectivity index (χ4v) is 3.08. The van der Waals surface area contributed by atoms with Crippen LogP contribution in [0.3, 0.4) is 0 Å². The van der Waals surface area contributed by atoms with Gasteiger partial charge in [0, 0.05) is 32.0 Å². The maximum Gasteiger partial charge on any atom is 0.191 e. The maximum absolute atomic E-state index is 4.70. The van der Waals surface area contributed by atoms with Gasteiger partial charge in [-0.05, 0) is 38.7 Å². The number of hydrogen-bond donors (Lipinski definition) is 2. The van der Waals surface area contributed by atoms with Crippen molar-refractivity contribution in [1.82, 2.24) is 20.2 Å². The molecule has 2 aromatic rings. The number of imidazole rings is 1. The predicted molar refractivity (Wildman–Crippen MR) is 110 cm³/mol. The maximum atomic E-state index is 4.70. The van der Waals surface area contributed by atoms with Crippen LogP contribution < -0.4 is 10.6 Å². The summed E-state index contributed by atoms with van der Waals surface area (Å²) in [4.78, 5) is 9.15. The summed E-state index contributed by atoms with van der Waals surface area (Å²) in [5.74, 6) is 2.44. The van der Waals surface area contributed by atoms with Gasteiger partial charge in [0.25, 0.3) is 0 Å². The second kappa shape index (κ2) is 10.00. The Balaban J connectivity index is 1.93. The first-order valence-electron chi connectivity index (χ1n) is 9.57. The van der Waals surface area contributed by atoms with Crippen molar-refractivity contribution in [3.63, 3.8) is 0 Å². The zero-order valence-electron chi connectivity index (χ0n) is 16.8. The van der Waals surface area contributed by atoms with Crippen molar-refractivity contribution < 1.29 is 0 Å². The van der Waals surface area contributed by atoms with E-state index in [0.29, 0.717) is 12.5 Å². The SMILES string of the molecule is CCNC(=NCc1nccn1CC(C)C)NCCc1cc(C)cc(C)c1. The third-order valence-electron chi connectivity index (χ3n) is 4.07. The Morgan fingerprint density at radius 1 is 1.15 bits per heavy atom. The normalized spacial score (nSPS) is 11.8. The highest BCUT2D eigenvalue weighted by atomic mass is 15.2. The standard InChI is InChI=1S/C21H33N5/c1-6-22-21(24-8-7-19-12-17(4)11-18(5)13-19)25-14-20-23-9-10-26(20)15-16(2)3/h9-13,16H,6-8,14-15H2,1-5H3,(H2,22,24,25). The van der Waals surface area contributed by atoms with E-state index >= 15 is 0 Å². The van der Waals surface area contributed by atoms with Gasteiger partial charge in [0.1, 0.15) is 12.4 Å². The van der Waals surface area contributed by atoms with Gasteiger partial charge in [-0.3, -0.25) is 0 Å². The third-order valence-corrected chi connectivity index (χ3v) is 4.07. The summed E-state index contributed by atoms with van der Waals surface area (Å²) in [6.45, 7) is 14.1. The van der Waals surface area contributed by atoms with Crippen molar-refractivity contribution in [2.75, 3.05) is 13.1 Å². The number of guanidine groups is 1. The molecule has 0 spiro atoms. The molecule has 1 aromatic carbocycles. The Bertz CT molecular complexity index is 695. The summed E-state index contributed by atoms with van der Waals surface area (Å²) < 4.78 is 2.19. The molecule has 0 saturated carbocycles. The largest absolute Gasteiger partial charge is 0.357 e. The molecule has 0 radical (unpaired) electrons. The molecule has 0 unspecified atom stereocenters. The second-order valence-electron chi connectivity index (χ2n) is 7.26. The van der Waals surface area contributed by atoms with Crippen LogP contribution >= 0.6 is 0 Å². The molecular formula is C21H33N5. The fourth-order valence-electron chi connectivity index (χ4n) is 3.08. The molecule has 1 heterocycles. The molecule has 0 aliphatic heterocycles. The van der Waals surface area contributed by atoms with E-state index < -0.39 is 0 Å². The average Bonchev–Trinajstić information content (AvgIpc) is 2.98. The molecule has 2 N–H and O–H groups in total. The molecule has 0 fully saturated rings. The van der Waals surface area contributed by atoms with Gasteiger partial charge in [-0.2, -0.15) is 0 Å². The predicted octanol–water partition coefficient (Wildman–Crippen LogP) is 3.45. The highest BCUT2D eigenvalue weighted by molar-refractivity contribution is 5.79. The van der Waals surface area contributed by atoms with E-state index in [1.807, 2.05) is 12.4 Å². The number of rotatable bonds is 8. The Morgan fingerprint density at radius 2 is 1.88 bits per heavy atom. The summed E-state index contributed by atoms with van der Waals surface area (Å²) in [5, 5.41) is 6.75. The number of nitrogens with zero attached hydrogens (tertiary/aromatic N) is 3. The van der Waals surface area contributed by atoms with E-state index in [9.17, 15) is 0 Å². The van der Waals surface area contributed by atoms with Crippen LogP contribution in [0.4, 0.5) is 0 Å². The zero-order valence-corrected chi connectivity index (χ0v) is 16.8. The minimum Gasteiger partial charge on any atom is -0.357 e. The van der Waals surface area contributed by atoms with Crippen LogP contribution in [0.2, 0.25) is 0 Å². The van der Waals surface area contributed by atoms with Crippen LogP contribution in [0.1, 0.15) is 43.3 Å². The number of aliphatic imine (C=N–C) groups is 1. The number of hydrogen-bond acceptors (Lipinski definition) is 2. The summed E-state index contributed by atoms with van der Waals surface area (Å²) in [6.07, 6.45) is 4.87. The van der Waals surface area contributed by atoms with Gasteiger partial charge >= 0.3 is 0 Å². The summed E-state index contributed by atoms with van der Waals surface area (Å²) in [7, 11) is 0. The van der Waals surface area contributed by atoms with Gasteiger partial charge in [0.15, 0.2) is 5.96 Å². The summed E-state index contributed by atoms with van der Waals surface area (Å²) in [5.41, 5.74) is 3.99. The molecule has 1 aromatic heterocycles. The lowest BCUT2D eigenvalue weighted by Gasteiger charge is -2.13. The molecule has 0 aliphatic carbocycles.